The van der Waals surface area contributed by atoms with E-state index in [-0.39, 0.29) is 22.4 Å². The maximum absolute atomic E-state index is 12.2. The molecule has 0 spiro atoms. The number of ether oxygens (including phenoxy) is 2. The van der Waals surface area contributed by atoms with Crippen molar-refractivity contribution in [2.24, 2.45) is 0 Å². The van der Waals surface area contributed by atoms with Gasteiger partial charge >= 0.3 is 11.9 Å². The van der Waals surface area contributed by atoms with Crippen LogP contribution in [0.3, 0.4) is 0 Å². The summed E-state index contributed by atoms with van der Waals surface area (Å²) >= 11 is 5.32. The number of pyridine rings is 1. The lowest BCUT2D eigenvalue weighted by Crippen LogP contribution is -2.14. The number of rotatable bonds is 3. The fraction of sp³-hybridized carbons (Fsp3) is 0.143. The van der Waals surface area contributed by atoms with E-state index in [1.807, 2.05) is 0 Å². The first-order chi connectivity index (χ1) is 10.3. The Morgan fingerprint density at radius 3 is 2.09 bits per heavy atom. The molecular formula is C14H10ClNO6. The van der Waals surface area contributed by atoms with E-state index in [2.05, 4.69) is 4.98 Å². The number of esters is 2. The average Bonchev–Trinajstić information content (AvgIpc) is 2.39. The van der Waals surface area contributed by atoms with E-state index >= 15 is 0 Å². The molecule has 7 nitrogen and oxygen atoms in total. The van der Waals surface area contributed by atoms with E-state index in [0.29, 0.717) is 5.52 Å². The summed E-state index contributed by atoms with van der Waals surface area (Å²) in [4.78, 5) is 48.3. The molecule has 0 fully saturated rings. The average molecular weight is 324 g/mol. The van der Waals surface area contributed by atoms with Crippen molar-refractivity contribution in [2.45, 2.75) is 13.8 Å². The molecule has 0 amide bonds. The zero-order valence-electron chi connectivity index (χ0n) is 11.6. The van der Waals surface area contributed by atoms with E-state index in [9.17, 15) is 19.2 Å². The summed E-state index contributed by atoms with van der Waals surface area (Å²) in [5.74, 6) is -1.42. The highest BCUT2D eigenvalue weighted by Crippen LogP contribution is 2.31. The molecule has 0 atom stereocenters. The zero-order valence-corrected chi connectivity index (χ0v) is 12.3. The lowest BCUT2D eigenvalue weighted by atomic mass is 10.1. The molecule has 8 heteroatoms. The van der Waals surface area contributed by atoms with Crippen LogP contribution < -0.4 is 14.9 Å². The molecule has 22 heavy (non-hydrogen) atoms. The second kappa shape index (κ2) is 5.98. The molecule has 1 aromatic carbocycles. The summed E-state index contributed by atoms with van der Waals surface area (Å²) in [6.45, 7) is 2.34. The molecular weight excluding hydrogens is 314 g/mol. The summed E-state index contributed by atoms with van der Waals surface area (Å²) in [7, 11) is 0. The summed E-state index contributed by atoms with van der Waals surface area (Å²) in [5, 5.41) is -0.847. The van der Waals surface area contributed by atoms with Gasteiger partial charge in [0.25, 0.3) is 5.24 Å². The van der Waals surface area contributed by atoms with Crippen LogP contribution in [0.15, 0.2) is 23.1 Å². The predicted molar refractivity (Wildman–Crippen MR) is 77.4 cm³/mol. The van der Waals surface area contributed by atoms with Crippen LogP contribution in [0.1, 0.15) is 24.2 Å². The normalized spacial score (nSPS) is 10.3. The number of carbonyl (C=O) groups is 3. The predicted octanol–water partition coefficient (Wildman–Crippen LogP) is 1.76. The summed E-state index contributed by atoms with van der Waals surface area (Å²) in [6.07, 6.45) is 1.16. The van der Waals surface area contributed by atoms with Gasteiger partial charge in [0.2, 0.25) is 5.43 Å². The topological polar surface area (TPSA) is 103 Å². The van der Waals surface area contributed by atoms with Crippen LogP contribution >= 0.6 is 11.6 Å². The molecule has 2 aromatic rings. The molecule has 0 unspecified atom stereocenters. The third-order valence-electron chi connectivity index (χ3n) is 2.66. The number of halogens is 1. The van der Waals surface area contributed by atoms with Crippen molar-refractivity contribution < 1.29 is 23.9 Å². The minimum Gasteiger partial charge on any atom is -0.423 e. The lowest BCUT2D eigenvalue weighted by Gasteiger charge is -2.10. The van der Waals surface area contributed by atoms with Crippen LogP contribution in [-0.2, 0) is 9.59 Å². The summed E-state index contributed by atoms with van der Waals surface area (Å²) in [5.41, 5.74) is -0.585. The number of hydrogen-bond donors (Lipinski definition) is 1. The number of fused-ring (bicyclic) bond motifs is 1. The number of hydrogen-bond acceptors (Lipinski definition) is 6. The van der Waals surface area contributed by atoms with Crippen LogP contribution in [-0.4, -0.2) is 22.2 Å². The van der Waals surface area contributed by atoms with Crippen molar-refractivity contribution in [1.29, 1.82) is 0 Å². The van der Waals surface area contributed by atoms with E-state index in [0.717, 1.165) is 13.1 Å². The molecule has 0 aliphatic rings. The molecule has 0 bridgehead atoms. The smallest absolute Gasteiger partial charge is 0.308 e. The molecule has 2 rings (SSSR count). The Balaban J connectivity index is 2.74. The van der Waals surface area contributed by atoms with Crippen LogP contribution in [0.4, 0.5) is 0 Å². The number of nitrogens with one attached hydrogen (secondary N) is 1. The van der Waals surface area contributed by atoms with Gasteiger partial charge in [0.1, 0.15) is 0 Å². The number of aromatic nitrogens is 1. The van der Waals surface area contributed by atoms with E-state index in [1.165, 1.54) is 19.1 Å². The number of benzene rings is 1. The third kappa shape index (κ3) is 3.15. The zero-order chi connectivity index (χ0) is 16.4. The number of carbonyl (C=O) groups excluding carboxylic acids is 3. The van der Waals surface area contributed by atoms with Crippen molar-refractivity contribution in [1.82, 2.24) is 4.98 Å². The van der Waals surface area contributed by atoms with Crippen molar-refractivity contribution in [3.8, 4) is 11.5 Å². The Labute approximate surface area is 128 Å². The van der Waals surface area contributed by atoms with Crippen molar-refractivity contribution in [3.05, 3.63) is 34.1 Å². The fourth-order valence-electron chi connectivity index (χ4n) is 1.84. The van der Waals surface area contributed by atoms with Gasteiger partial charge < -0.3 is 14.5 Å². The molecule has 0 aliphatic heterocycles. The second-order valence-corrected chi connectivity index (χ2v) is 4.68. The van der Waals surface area contributed by atoms with Gasteiger partial charge in [-0.3, -0.25) is 19.2 Å². The van der Waals surface area contributed by atoms with Gasteiger partial charge in [-0.1, -0.05) is 0 Å². The Hall–Kier alpha value is -2.67. The van der Waals surface area contributed by atoms with Gasteiger partial charge in [-0.25, -0.2) is 0 Å². The standard InChI is InChI=1S/C14H10ClNO6/c1-6(17)21-11-3-8-10(4-12(11)22-7(2)18)16-5-9(13(8)19)14(15)20/h3-5H,1-2H3,(H,16,19). The van der Waals surface area contributed by atoms with Gasteiger partial charge in [0.15, 0.2) is 11.5 Å². The highest BCUT2D eigenvalue weighted by molar-refractivity contribution is 6.67. The van der Waals surface area contributed by atoms with Gasteiger partial charge in [-0.05, 0) is 17.7 Å². The number of aromatic amines is 1. The molecule has 0 aliphatic carbocycles. The van der Waals surface area contributed by atoms with Crippen LogP contribution in [0, 0.1) is 0 Å². The largest absolute Gasteiger partial charge is 0.423 e. The molecule has 0 radical (unpaired) electrons. The first kappa shape index (κ1) is 15.7. The molecule has 114 valence electrons. The van der Waals surface area contributed by atoms with Gasteiger partial charge in [0.05, 0.1) is 16.5 Å². The van der Waals surface area contributed by atoms with Crippen molar-refractivity contribution in [3.63, 3.8) is 0 Å². The third-order valence-corrected chi connectivity index (χ3v) is 2.87. The lowest BCUT2D eigenvalue weighted by molar-refractivity contribution is -0.134. The van der Waals surface area contributed by atoms with Gasteiger partial charge in [0, 0.05) is 26.1 Å². The molecule has 1 heterocycles. The van der Waals surface area contributed by atoms with E-state index in [4.69, 9.17) is 21.1 Å². The Bertz CT molecular complexity index is 854. The van der Waals surface area contributed by atoms with E-state index < -0.39 is 22.6 Å². The van der Waals surface area contributed by atoms with Crippen LogP contribution in [0.2, 0.25) is 0 Å². The second-order valence-electron chi connectivity index (χ2n) is 4.34. The van der Waals surface area contributed by atoms with Crippen LogP contribution in [0.5, 0.6) is 11.5 Å². The maximum Gasteiger partial charge on any atom is 0.308 e. The molecule has 0 saturated heterocycles. The molecule has 1 aromatic heterocycles. The first-order valence-electron chi connectivity index (χ1n) is 6.05. The van der Waals surface area contributed by atoms with Crippen molar-refractivity contribution in [2.75, 3.05) is 0 Å². The van der Waals surface area contributed by atoms with Gasteiger partial charge in [-0.2, -0.15) is 0 Å². The fourth-order valence-corrected chi connectivity index (χ4v) is 1.98. The summed E-state index contributed by atoms with van der Waals surface area (Å²) in [6, 6.07) is 2.52. The van der Waals surface area contributed by atoms with E-state index in [1.54, 1.807) is 0 Å². The van der Waals surface area contributed by atoms with Gasteiger partial charge in [-0.15, -0.1) is 0 Å². The highest BCUT2D eigenvalue weighted by atomic mass is 35.5. The quantitative estimate of drug-likeness (QED) is 0.524. The maximum atomic E-state index is 12.2. The Morgan fingerprint density at radius 2 is 1.59 bits per heavy atom. The minimum atomic E-state index is -0.916. The van der Waals surface area contributed by atoms with Crippen LogP contribution in [0.25, 0.3) is 10.9 Å². The summed E-state index contributed by atoms with van der Waals surface area (Å²) < 4.78 is 9.86. The monoisotopic (exact) mass is 323 g/mol. The molecule has 0 saturated carbocycles. The highest BCUT2D eigenvalue weighted by Gasteiger charge is 2.16. The van der Waals surface area contributed by atoms with Crippen molar-refractivity contribution >= 4 is 39.7 Å². The Kier molecular flexibility index (Phi) is 4.27. The first-order valence-corrected chi connectivity index (χ1v) is 6.43. The number of H-pyrrole nitrogens is 1. The molecule has 1 N–H and O–H groups in total. The SMILES string of the molecule is CC(=O)Oc1cc2[nH]cc(C(=O)Cl)c(=O)c2cc1OC(C)=O. The minimum absolute atomic E-state index is 0.0317. The Morgan fingerprint density at radius 1 is 1.05 bits per heavy atom.